The van der Waals surface area contributed by atoms with E-state index in [1.165, 1.54) is 11.5 Å². The van der Waals surface area contributed by atoms with Gasteiger partial charge in [-0.25, -0.2) is 6.92 Å². The predicted molar refractivity (Wildman–Crippen MR) is 61.6 cm³/mol. The molecule has 1 aliphatic carbocycles. The van der Waals surface area contributed by atoms with Gasteiger partial charge in [0.25, 0.3) is 0 Å². The molecule has 0 bridgehead atoms. The molecule has 1 aromatic carbocycles. The van der Waals surface area contributed by atoms with Gasteiger partial charge in [-0.3, -0.25) is 0 Å². The van der Waals surface area contributed by atoms with Crippen molar-refractivity contribution in [3.8, 4) is 0 Å². The van der Waals surface area contributed by atoms with Crippen LogP contribution in [0, 0.1) is 44.9 Å². The monoisotopic (exact) mass is 368 g/mol. The molecule has 0 amide bonds. The molecule has 15 heavy (non-hydrogen) atoms. The molecule has 0 N–H and O–H groups in total. The fraction of sp³-hybridized carbons (Fsp3) is 0.143. The van der Waals surface area contributed by atoms with Crippen LogP contribution in [0.4, 0.5) is 0 Å². The topological polar surface area (TPSA) is 0 Å². The van der Waals surface area contributed by atoms with E-state index in [0.717, 1.165) is 0 Å². The van der Waals surface area contributed by atoms with Crippen molar-refractivity contribution in [3.05, 3.63) is 73.9 Å². The normalized spacial score (nSPS) is 15.9. The number of benzene rings is 1. The first-order valence-electron chi connectivity index (χ1n) is 4.82. The molecule has 84 valence electrons. The molecule has 0 nitrogen and oxygen atoms in total. The van der Waals surface area contributed by atoms with Crippen molar-refractivity contribution in [3.63, 3.8) is 0 Å². The van der Waals surface area contributed by atoms with Crippen molar-refractivity contribution in [1.82, 2.24) is 0 Å². The van der Waals surface area contributed by atoms with Crippen LogP contribution in [-0.4, -0.2) is 0 Å². The van der Waals surface area contributed by atoms with Gasteiger partial charge in [0, 0.05) is 21.1 Å². The first-order chi connectivity index (χ1) is 6.79. The van der Waals surface area contributed by atoms with Gasteiger partial charge < -0.3 is 38.0 Å². The molecule has 1 fully saturated rings. The number of hydrogen-bond donors (Lipinski definition) is 0. The zero-order valence-electron chi connectivity index (χ0n) is 9.18. The molecular formula is C14H16W-6. The Kier molecular flexibility index (Phi) is 9.10. The van der Waals surface area contributed by atoms with Crippen molar-refractivity contribution in [2.75, 3.05) is 0 Å². The Morgan fingerprint density at radius 2 is 1.47 bits per heavy atom. The van der Waals surface area contributed by atoms with E-state index < -0.39 is 0 Å². The van der Waals surface area contributed by atoms with E-state index in [1.807, 2.05) is 37.5 Å². The SMILES string of the molecule is C[C-]1[CH-][CH-][CH-][CH-][CH-]1.Cc1ccccc1.[W]. The van der Waals surface area contributed by atoms with E-state index in [1.54, 1.807) is 0 Å². The molecule has 0 radical (unpaired) electrons. The molecule has 1 saturated carbocycles. The average molecular weight is 368 g/mol. The summed E-state index contributed by atoms with van der Waals surface area (Å²) in [5, 5.41) is 0. The number of aryl methyl sites for hydroxylation is 1. The summed E-state index contributed by atoms with van der Waals surface area (Å²) < 4.78 is 0. The second-order valence-electron chi connectivity index (χ2n) is 3.31. The van der Waals surface area contributed by atoms with E-state index in [9.17, 15) is 0 Å². The molecule has 0 saturated heterocycles. The van der Waals surface area contributed by atoms with E-state index in [-0.39, 0.29) is 21.1 Å². The summed E-state index contributed by atoms with van der Waals surface area (Å²) in [5.41, 5.74) is 1.32. The summed E-state index contributed by atoms with van der Waals surface area (Å²) in [6, 6.07) is 10.3. The Balaban J connectivity index is 0.000000245. The van der Waals surface area contributed by atoms with Crippen LogP contribution in [0.25, 0.3) is 0 Å². The van der Waals surface area contributed by atoms with E-state index in [4.69, 9.17) is 0 Å². The Hall–Kier alpha value is -0.0917. The standard InChI is InChI=1S/2C7H8.W/c2*1-7-5-3-2-4-6-7;/h2*2-6H,1H3;/q;-6;. The van der Waals surface area contributed by atoms with Crippen molar-refractivity contribution >= 4 is 0 Å². The van der Waals surface area contributed by atoms with Crippen molar-refractivity contribution in [2.24, 2.45) is 0 Å². The van der Waals surface area contributed by atoms with Gasteiger partial charge in [0.15, 0.2) is 0 Å². The maximum atomic E-state index is 2.08. The Labute approximate surface area is 109 Å². The molecule has 0 heterocycles. The van der Waals surface area contributed by atoms with E-state index in [2.05, 4.69) is 38.8 Å². The van der Waals surface area contributed by atoms with Crippen LogP contribution in [0.5, 0.6) is 0 Å². The Morgan fingerprint density at radius 1 is 0.933 bits per heavy atom. The maximum Gasteiger partial charge on any atom is 0 e. The minimum atomic E-state index is 0. The summed E-state index contributed by atoms with van der Waals surface area (Å²) >= 11 is 0. The maximum absolute atomic E-state index is 2.08. The van der Waals surface area contributed by atoms with Gasteiger partial charge in [0.1, 0.15) is 0 Å². The Bertz CT molecular complexity index is 224. The summed E-state index contributed by atoms with van der Waals surface area (Å²) in [7, 11) is 0. The smallest absolute Gasteiger partial charge is 0 e. The van der Waals surface area contributed by atoms with Crippen LogP contribution in [0.1, 0.15) is 12.5 Å². The van der Waals surface area contributed by atoms with Crippen LogP contribution in [-0.2, 0) is 21.1 Å². The van der Waals surface area contributed by atoms with E-state index >= 15 is 0 Å². The summed E-state index contributed by atoms with van der Waals surface area (Å²) in [6.45, 7) is 4.17. The van der Waals surface area contributed by atoms with Crippen LogP contribution in [0.2, 0.25) is 0 Å². The molecule has 0 unspecified atom stereocenters. The van der Waals surface area contributed by atoms with Crippen molar-refractivity contribution in [2.45, 2.75) is 13.8 Å². The third-order valence-electron chi connectivity index (χ3n) is 1.88. The van der Waals surface area contributed by atoms with Crippen LogP contribution < -0.4 is 0 Å². The van der Waals surface area contributed by atoms with Gasteiger partial charge in [0.2, 0.25) is 0 Å². The van der Waals surface area contributed by atoms with Gasteiger partial charge in [-0.15, -0.1) is 0 Å². The Morgan fingerprint density at radius 3 is 1.73 bits per heavy atom. The second kappa shape index (κ2) is 9.16. The first-order valence-corrected chi connectivity index (χ1v) is 4.82. The summed E-state index contributed by atoms with van der Waals surface area (Å²) in [6.07, 6.45) is 10.3. The molecule has 0 aromatic heterocycles. The van der Waals surface area contributed by atoms with Gasteiger partial charge in [-0.05, 0) is 6.92 Å². The molecule has 1 aliphatic rings. The average Bonchev–Trinajstić information content (AvgIpc) is 2.21. The van der Waals surface area contributed by atoms with Crippen molar-refractivity contribution in [1.29, 1.82) is 0 Å². The fourth-order valence-electron chi connectivity index (χ4n) is 1.07. The molecule has 1 aromatic rings. The summed E-state index contributed by atoms with van der Waals surface area (Å²) in [4.78, 5) is 0. The molecular weight excluding hydrogens is 352 g/mol. The van der Waals surface area contributed by atoms with E-state index in [0.29, 0.717) is 0 Å². The third kappa shape index (κ3) is 7.79. The zero-order chi connectivity index (χ0) is 10.2. The first kappa shape index (κ1) is 14.9. The second-order valence-corrected chi connectivity index (χ2v) is 3.31. The van der Waals surface area contributed by atoms with Gasteiger partial charge in [-0.1, -0.05) is 35.9 Å². The van der Waals surface area contributed by atoms with Crippen LogP contribution in [0.15, 0.2) is 30.3 Å². The number of rotatable bonds is 0. The van der Waals surface area contributed by atoms with Crippen molar-refractivity contribution < 1.29 is 21.1 Å². The zero-order valence-corrected chi connectivity index (χ0v) is 12.1. The quantitative estimate of drug-likeness (QED) is 0.614. The minimum absolute atomic E-state index is 0. The van der Waals surface area contributed by atoms with Crippen LogP contribution >= 0.6 is 0 Å². The van der Waals surface area contributed by atoms with Gasteiger partial charge in [-0.2, -0.15) is 0 Å². The summed E-state index contributed by atoms with van der Waals surface area (Å²) in [5.74, 6) is 1.32. The molecule has 1 heteroatoms. The molecule has 0 aliphatic heterocycles. The van der Waals surface area contributed by atoms with Gasteiger partial charge >= 0.3 is 0 Å². The largest absolute Gasteiger partial charge is 0.726 e. The number of hydrogen-bond acceptors (Lipinski definition) is 0. The molecule has 2 rings (SSSR count). The molecule has 0 spiro atoms. The minimum Gasteiger partial charge on any atom is -0.726 e. The van der Waals surface area contributed by atoms with Gasteiger partial charge in [0.05, 0.1) is 0 Å². The fourth-order valence-corrected chi connectivity index (χ4v) is 1.07. The van der Waals surface area contributed by atoms with Crippen LogP contribution in [0.3, 0.4) is 0 Å². The predicted octanol–water partition coefficient (Wildman–Crippen LogP) is 3.61. The third-order valence-corrected chi connectivity index (χ3v) is 1.88. The molecule has 0 atom stereocenters.